The number of nitrogens with zero attached hydrogens (tertiary/aromatic N) is 1. The summed E-state index contributed by atoms with van der Waals surface area (Å²) in [4.78, 5) is 13.3. The lowest BCUT2D eigenvalue weighted by Crippen LogP contribution is -2.46. The molecule has 18 heavy (non-hydrogen) atoms. The number of aliphatic carboxylic acids is 1. The molecule has 0 amide bonds. The smallest absolute Gasteiger partial charge is 0.322 e. The highest BCUT2D eigenvalue weighted by molar-refractivity contribution is 5.74. The minimum atomic E-state index is -0.794. The Morgan fingerprint density at radius 2 is 2.00 bits per heavy atom. The van der Waals surface area contributed by atoms with Gasteiger partial charge in [0.15, 0.2) is 0 Å². The number of likely N-dealkylation sites (N-methyl/N-ethyl adjacent to an activating group) is 1. The molecule has 1 unspecified atom stereocenters. The number of anilines is 1. The Balaban J connectivity index is 2.68. The van der Waals surface area contributed by atoms with Gasteiger partial charge in [0.1, 0.15) is 6.04 Å². The van der Waals surface area contributed by atoms with Crippen molar-refractivity contribution in [3.8, 4) is 0 Å². The Morgan fingerprint density at radius 3 is 2.50 bits per heavy atom. The molecule has 0 aliphatic rings. The van der Waals surface area contributed by atoms with Crippen molar-refractivity contribution in [2.75, 3.05) is 24.5 Å². The van der Waals surface area contributed by atoms with Gasteiger partial charge in [-0.1, -0.05) is 25.1 Å². The number of carboxylic acids is 1. The summed E-state index contributed by atoms with van der Waals surface area (Å²) in [5, 5.41) is 12.3. The summed E-state index contributed by atoms with van der Waals surface area (Å²) < 4.78 is 0. The summed E-state index contributed by atoms with van der Waals surface area (Å²) in [6.07, 6.45) is 0.932. The number of nitrogens with one attached hydrogen (secondary N) is 1. The van der Waals surface area contributed by atoms with Crippen molar-refractivity contribution >= 4 is 11.7 Å². The minimum Gasteiger partial charge on any atom is -0.480 e. The number of carboxylic acid groups (broad SMARTS) is 1. The molecule has 1 atom stereocenters. The van der Waals surface area contributed by atoms with E-state index in [4.69, 9.17) is 0 Å². The van der Waals surface area contributed by atoms with Crippen LogP contribution in [0.5, 0.6) is 0 Å². The van der Waals surface area contributed by atoms with Gasteiger partial charge < -0.3 is 15.3 Å². The van der Waals surface area contributed by atoms with Gasteiger partial charge in [-0.2, -0.15) is 0 Å². The van der Waals surface area contributed by atoms with Gasteiger partial charge in [-0.15, -0.1) is 0 Å². The van der Waals surface area contributed by atoms with Crippen LogP contribution in [0.25, 0.3) is 0 Å². The van der Waals surface area contributed by atoms with Gasteiger partial charge >= 0.3 is 5.97 Å². The lowest BCUT2D eigenvalue weighted by molar-refractivity contribution is -0.139. The van der Waals surface area contributed by atoms with Crippen molar-refractivity contribution in [1.82, 2.24) is 5.32 Å². The molecule has 2 N–H and O–H groups in total. The van der Waals surface area contributed by atoms with Crippen LogP contribution in [0, 0.1) is 0 Å². The molecule has 0 bridgehead atoms. The first-order valence-corrected chi connectivity index (χ1v) is 6.45. The predicted molar refractivity (Wildman–Crippen MR) is 74.0 cm³/mol. The molecular formula is C14H22N2O2. The van der Waals surface area contributed by atoms with Gasteiger partial charge in [0.05, 0.1) is 0 Å². The molecule has 100 valence electrons. The first kappa shape index (κ1) is 14.5. The first-order chi connectivity index (χ1) is 8.69. The van der Waals surface area contributed by atoms with E-state index in [1.54, 1.807) is 0 Å². The molecule has 0 aromatic heterocycles. The van der Waals surface area contributed by atoms with Crippen molar-refractivity contribution < 1.29 is 9.90 Å². The maximum Gasteiger partial charge on any atom is 0.322 e. The third kappa shape index (κ3) is 4.37. The summed E-state index contributed by atoms with van der Waals surface area (Å²) in [5.41, 5.74) is 1.06. The van der Waals surface area contributed by atoms with E-state index in [0.717, 1.165) is 25.2 Å². The molecule has 4 heteroatoms. The zero-order chi connectivity index (χ0) is 13.4. The minimum absolute atomic E-state index is 0.482. The van der Waals surface area contributed by atoms with Crippen LogP contribution < -0.4 is 10.2 Å². The van der Waals surface area contributed by atoms with Crippen LogP contribution in [-0.2, 0) is 4.79 Å². The molecule has 1 aromatic carbocycles. The average molecular weight is 250 g/mol. The van der Waals surface area contributed by atoms with E-state index in [-0.39, 0.29) is 0 Å². The summed E-state index contributed by atoms with van der Waals surface area (Å²) >= 11 is 0. The Morgan fingerprint density at radius 1 is 1.33 bits per heavy atom. The number of benzene rings is 1. The predicted octanol–water partition coefficient (Wildman–Crippen LogP) is 1.97. The lowest BCUT2D eigenvalue weighted by Gasteiger charge is -2.27. The SMILES string of the molecule is CCCNC(CN(CC)c1ccccc1)C(=O)O. The maximum absolute atomic E-state index is 11.2. The normalized spacial score (nSPS) is 12.1. The zero-order valence-electron chi connectivity index (χ0n) is 11.1. The van der Waals surface area contributed by atoms with Crippen LogP contribution >= 0.6 is 0 Å². The van der Waals surface area contributed by atoms with Crippen LogP contribution in [0.2, 0.25) is 0 Å². The van der Waals surface area contributed by atoms with E-state index in [1.165, 1.54) is 0 Å². The van der Waals surface area contributed by atoms with Crippen LogP contribution in [0.15, 0.2) is 30.3 Å². The van der Waals surface area contributed by atoms with Gasteiger partial charge in [0.25, 0.3) is 0 Å². The fraction of sp³-hybridized carbons (Fsp3) is 0.500. The van der Waals surface area contributed by atoms with Crippen LogP contribution in [0.4, 0.5) is 5.69 Å². The second-order valence-electron chi connectivity index (χ2n) is 4.22. The molecule has 0 radical (unpaired) electrons. The molecule has 0 aliphatic heterocycles. The molecule has 0 saturated heterocycles. The van der Waals surface area contributed by atoms with Crippen LogP contribution in [0.3, 0.4) is 0 Å². The molecule has 0 spiro atoms. The topological polar surface area (TPSA) is 52.6 Å². The number of rotatable bonds is 8. The highest BCUT2D eigenvalue weighted by Crippen LogP contribution is 2.13. The van der Waals surface area contributed by atoms with E-state index in [0.29, 0.717) is 6.54 Å². The van der Waals surface area contributed by atoms with Crippen molar-refractivity contribution in [2.24, 2.45) is 0 Å². The number of hydrogen-bond acceptors (Lipinski definition) is 3. The van der Waals surface area contributed by atoms with Crippen LogP contribution in [0.1, 0.15) is 20.3 Å². The number of hydrogen-bond donors (Lipinski definition) is 2. The molecule has 1 aromatic rings. The Bertz CT molecular complexity index is 354. The molecule has 0 fully saturated rings. The van der Waals surface area contributed by atoms with Gasteiger partial charge in [-0.05, 0) is 32.0 Å². The quantitative estimate of drug-likeness (QED) is 0.740. The average Bonchev–Trinajstić information content (AvgIpc) is 2.39. The van der Waals surface area contributed by atoms with E-state index in [9.17, 15) is 9.90 Å². The highest BCUT2D eigenvalue weighted by atomic mass is 16.4. The summed E-state index contributed by atoms with van der Waals surface area (Å²) in [5.74, 6) is -0.794. The van der Waals surface area contributed by atoms with Gasteiger partial charge in [-0.25, -0.2) is 0 Å². The van der Waals surface area contributed by atoms with Gasteiger partial charge in [0, 0.05) is 18.8 Å². The van der Waals surface area contributed by atoms with Crippen LogP contribution in [-0.4, -0.2) is 36.8 Å². The summed E-state index contributed by atoms with van der Waals surface area (Å²) in [7, 11) is 0. The second-order valence-corrected chi connectivity index (χ2v) is 4.22. The fourth-order valence-electron chi connectivity index (χ4n) is 1.82. The fourth-order valence-corrected chi connectivity index (χ4v) is 1.82. The Labute approximate surface area is 109 Å². The third-order valence-electron chi connectivity index (χ3n) is 2.84. The lowest BCUT2D eigenvalue weighted by atomic mass is 10.2. The molecule has 0 heterocycles. The van der Waals surface area contributed by atoms with Gasteiger partial charge in [-0.3, -0.25) is 4.79 Å². The van der Waals surface area contributed by atoms with Crippen molar-refractivity contribution in [3.05, 3.63) is 30.3 Å². The highest BCUT2D eigenvalue weighted by Gasteiger charge is 2.19. The van der Waals surface area contributed by atoms with Crippen molar-refractivity contribution in [3.63, 3.8) is 0 Å². The third-order valence-corrected chi connectivity index (χ3v) is 2.84. The first-order valence-electron chi connectivity index (χ1n) is 6.45. The second kappa shape index (κ2) is 7.71. The van der Waals surface area contributed by atoms with Crippen molar-refractivity contribution in [2.45, 2.75) is 26.3 Å². The molecule has 0 saturated carbocycles. The summed E-state index contributed by atoms with van der Waals surface area (Å²) in [6.45, 7) is 6.06. The number of carbonyl (C=O) groups is 1. The Hall–Kier alpha value is -1.55. The monoisotopic (exact) mass is 250 g/mol. The van der Waals surface area contributed by atoms with E-state index < -0.39 is 12.0 Å². The van der Waals surface area contributed by atoms with Crippen molar-refractivity contribution in [1.29, 1.82) is 0 Å². The largest absolute Gasteiger partial charge is 0.480 e. The number of para-hydroxylation sites is 1. The Kier molecular flexibility index (Phi) is 6.22. The van der Waals surface area contributed by atoms with E-state index >= 15 is 0 Å². The molecule has 4 nitrogen and oxygen atoms in total. The molecule has 1 rings (SSSR count). The van der Waals surface area contributed by atoms with Gasteiger partial charge in [0.2, 0.25) is 0 Å². The summed E-state index contributed by atoms with van der Waals surface area (Å²) in [6, 6.07) is 9.37. The van der Waals surface area contributed by atoms with E-state index in [2.05, 4.69) is 10.2 Å². The zero-order valence-corrected chi connectivity index (χ0v) is 11.1. The molecular weight excluding hydrogens is 228 g/mol. The standard InChI is InChI=1S/C14H22N2O2/c1-3-10-15-13(14(17)18)11-16(4-2)12-8-6-5-7-9-12/h5-9,13,15H,3-4,10-11H2,1-2H3,(H,17,18). The molecule has 0 aliphatic carbocycles. The maximum atomic E-state index is 11.2. The van der Waals surface area contributed by atoms with E-state index in [1.807, 2.05) is 44.2 Å².